The molecule has 0 saturated carbocycles. The monoisotopic (exact) mass is 395 g/mol. The molecule has 7 heteroatoms. The maximum atomic E-state index is 13.8. The van der Waals surface area contributed by atoms with Crippen LogP contribution in [0.3, 0.4) is 0 Å². The lowest BCUT2D eigenvalue weighted by Gasteiger charge is -2.34. The number of carbonyl (C=O) groups is 2. The third-order valence-electron chi connectivity index (χ3n) is 5.36. The SMILES string of the molecule is Cc1ccc(C(=O)N2CCN(C(=O)C3=NOC(c4ccccc4)C3)CC2)cc1F. The van der Waals surface area contributed by atoms with Gasteiger partial charge in [-0.05, 0) is 30.2 Å². The minimum absolute atomic E-state index is 0.156. The van der Waals surface area contributed by atoms with Crippen LogP contribution < -0.4 is 0 Å². The van der Waals surface area contributed by atoms with E-state index in [1.165, 1.54) is 6.07 Å². The Morgan fingerprint density at radius 2 is 1.66 bits per heavy atom. The molecule has 1 unspecified atom stereocenters. The molecule has 150 valence electrons. The quantitative estimate of drug-likeness (QED) is 0.803. The molecule has 2 aliphatic heterocycles. The van der Waals surface area contributed by atoms with Gasteiger partial charge in [-0.1, -0.05) is 41.6 Å². The van der Waals surface area contributed by atoms with Gasteiger partial charge in [0.2, 0.25) is 0 Å². The summed E-state index contributed by atoms with van der Waals surface area (Å²) in [4.78, 5) is 34.2. The van der Waals surface area contributed by atoms with E-state index in [1.807, 2.05) is 30.3 Å². The zero-order valence-corrected chi connectivity index (χ0v) is 16.2. The highest BCUT2D eigenvalue weighted by Gasteiger charge is 2.32. The average molecular weight is 395 g/mol. The standard InChI is InChI=1S/C22H22FN3O3/c1-15-7-8-17(13-18(15)23)21(27)25-9-11-26(12-10-25)22(28)19-14-20(29-24-19)16-5-3-2-4-6-16/h2-8,13,20H,9-12,14H2,1H3. The summed E-state index contributed by atoms with van der Waals surface area (Å²) >= 11 is 0. The van der Waals surface area contributed by atoms with Crippen LogP contribution in [0.15, 0.2) is 53.7 Å². The fourth-order valence-electron chi connectivity index (χ4n) is 3.55. The van der Waals surface area contributed by atoms with E-state index in [0.717, 1.165) is 5.56 Å². The number of rotatable bonds is 3. The minimum Gasteiger partial charge on any atom is -0.387 e. The van der Waals surface area contributed by atoms with Crippen molar-refractivity contribution < 1.29 is 18.8 Å². The summed E-state index contributed by atoms with van der Waals surface area (Å²) < 4.78 is 13.8. The van der Waals surface area contributed by atoms with Gasteiger partial charge in [-0.2, -0.15) is 0 Å². The lowest BCUT2D eigenvalue weighted by atomic mass is 10.0. The smallest absolute Gasteiger partial charge is 0.271 e. The van der Waals surface area contributed by atoms with Crippen LogP contribution in [-0.4, -0.2) is 53.5 Å². The maximum absolute atomic E-state index is 13.8. The summed E-state index contributed by atoms with van der Waals surface area (Å²) in [5, 5.41) is 3.99. The number of hydrogen-bond acceptors (Lipinski definition) is 4. The van der Waals surface area contributed by atoms with E-state index < -0.39 is 5.82 Å². The van der Waals surface area contributed by atoms with Gasteiger partial charge < -0.3 is 14.6 Å². The Morgan fingerprint density at radius 3 is 2.31 bits per heavy atom. The van der Waals surface area contributed by atoms with E-state index in [9.17, 15) is 14.0 Å². The molecule has 2 amide bonds. The molecule has 1 saturated heterocycles. The molecule has 0 aliphatic carbocycles. The fraction of sp³-hybridized carbons (Fsp3) is 0.318. The molecule has 4 rings (SSSR count). The van der Waals surface area contributed by atoms with Gasteiger partial charge >= 0.3 is 0 Å². The van der Waals surface area contributed by atoms with Gasteiger partial charge in [0.25, 0.3) is 11.8 Å². The molecule has 29 heavy (non-hydrogen) atoms. The normalized spacial score (nSPS) is 19.0. The summed E-state index contributed by atoms with van der Waals surface area (Å²) in [7, 11) is 0. The number of aryl methyl sites for hydroxylation is 1. The first kappa shape index (κ1) is 19.1. The summed E-state index contributed by atoms with van der Waals surface area (Å²) in [6.07, 6.45) is 0.194. The highest BCUT2D eigenvalue weighted by atomic mass is 19.1. The first-order valence-corrected chi connectivity index (χ1v) is 9.65. The Morgan fingerprint density at radius 1 is 1.00 bits per heavy atom. The van der Waals surface area contributed by atoms with Crippen molar-refractivity contribution in [2.24, 2.45) is 5.16 Å². The van der Waals surface area contributed by atoms with Gasteiger partial charge in [-0.25, -0.2) is 4.39 Å². The van der Waals surface area contributed by atoms with Gasteiger partial charge in [-0.15, -0.1) is 0 Å². The molecule has 2 aromatic rings. The molecule has 0 radical (unpaired) electrons. The van der Waals surface area contributed by atoms with Gasteiger partial charge in [-0.3, -0.25) is 9.59 Å². The lowest BCUT2D eigenvalue weighted by Crippen LogP contribution is -2.52. The van der Waals surface area contributed by atoms with Crippen molar-refractivity contribution in [1.82, 2.24) is 9.80 Å². The van der Waals surface area contributed by atoms with Crippen LogP contribution in [-0.2, 0) is 9.63 Å². The third-order valence-corrected chi connectivity index (χ3v) is 5.36. The van der Waals surface area contributed by atoms with Gasteiger partial charge in [0.05, 0.1) is 0 Å². The van der Waals surface area contributed by atoms with Crippen LogP contribution in [0.4, 0.5) is 4.39 Å². The second-order valence-electron chi connectivity index (χ2n) is 7.30. The molecular weight excluding hydrogens is 373 g/mol. The second kappa shape index (κ2) is 8.03. The Balaban J connectivity index is 1.33. The molecule has 0 N–H and O–H groups in total. The second-order valence-corrected chi connectivity index (χ2v) is 7.30. The molecule has 2 heterocycles. The first-order chi connectivity index (χ1) is 14.0. The van der Waals surface area contributed by atoms with Crippen LogP contribution >= 0.6 is 0 Å². The average Bonchev–Trinajstić information content (AvgIpc) is 3.26. The van der Waals surface area contributed by atoms with Crippen molar-refractivity contribution in [2.45, 2.75) is 19.4 Å². The number of halogens is 1. The Hall–Kier alpha value is -3.22. The number of piperazine rings is 1. The lowest BCUT2D eigenvalue weighted by molar-refractivity contribution is -0.125. The molecular formula is C22H22FN3O3. The van der Waals surface area contributed by atoms with Gasteiger partial charge in [0, 0.05) is 38.2 Å². The zero-order valence-electron chi connectivity index (χ0n) is 16.2. The minimum atomic E-state index is -0.392. The number of oxime groups is 1. The molecule has 0 aromatic heterocycles. The van der Waals surface area contributed by atoms with E-state index in [4.69, 9.17) is 4.84 Å². The van der Waals surface area contributed by atoms with Crippen molar-refractivity contribution in [3.05, 3.63) is 71.0 Å². The number of hydrogen-bond donors (Lipinski definition) is 0. The predicted octanol–water partition coefficient (Wildman–Crippen LogP) is 2.94. The topological polar surface area (TPSA) is 62.2 Å². The van der Waals surface area contributed by atoms with E-state index in [1.54, 1.807) is 28.9 Å². The van der Waals surface area contributed by atoms with Crippen LogP contribution in [0.5, 0.6) is 0 Å². The van der Waals surface area contributed by atoms with Crippen molar-refractivity contribution in [3.63, 3.8) is 0 Å². The van der Waals surface area contributed by atoms with Crippen molar-refractivity contribution in [3.8, 4) is 0 Å². The maximum Gasteiger partial charge on any atom is 0.271 e. The van der Waals surface area contributed by atoms with E-state index >= 15 is 0 Å². The van der Waals surface area contributed by atoms with Crippen LogP contribution in [0.1, 0.15) is 34.0 Å². The molecule has 2 aliphatic rings. The Kier molecular flexibility index (Phi) is 5.29. The largest absolute Gasteiger partial charge is 0.387 e. The van der Waals surface area contributed by atoms with Gasteiger partial charge in [0.1, 0.15) is 11.5 Å². The zero-order chi connectivity index (χ0) is 20.4. The molecule has 2 aromatic carbocycles. The first-order valence-electron chi connectivity index (χ1n) is 9.65. The summed E-state index contributed by atoms with van der Waals surface area (Å²) in [5.74, 6) is -0.768. The van der Waals surface area contributed by atoms with Crippen molar-refractivity contribution in [2.75, 3.05) is 26.2 Å². The van der Waals surface area contributed by atoms with E-state index in [0.29, 0.717) is 49.4 Å². The molecule has 6 nitrogen and oxygen atoms in total. The van der Waals surface area contributed by atoms with E-state index in [2.05, 4.69) is 5.16 Å². The summed E-state index contributed by atoms with van der Waals surface area (Å²) in [6.45, 7) is 3.28. The van der Waals surface area contributed by atoms with Crippen LogP contribution in [0.25, 0.3) is 0 Å². The van der Waals surface area contributed by atoms with Crippen LogP contribution in [0.2, 0.25) is 0 Å². The molecule has 1 atom stereocenters. The number of amides is 2. The molecule has 1 fully saturated rings. The highest BCUT2D eigenvalue weighted by Crippen LogP contribution is 2.27. The van der Waals surface area contributed by atoms with Crippen molar-refractivity contribution >= 4 is 17.5 Å². The Bertz CT molecular complexity index is 953. The molecule has 0 spiro atoms. The Labute approximate surface area is 168 Å². The fourth-order valence-corrected chi connectivity index (χ4v) is 3.55. The third kappa shape index (κ3) is 3.99. The number of nitrogens with zero attached hydrogens (tertiary/aromatic N) is 3. The van der Waals surface area contributed by atoms with Crippen molar-refractivity contribution in [1.29, 1.82) is 0 Å². The summed E-state index contributed by atoms with van der Waals surface area (Å²) in [6, 6.07) is 14.2. The van der Waals surface area contributed by atoms with Gasteiger partial charge in [0.15, 0.2) is 6.10 Å². The predicted molar refractivity (Wildman–Crippen MR) is 106 cm³/mol. The van der Waals surface area contributed by atoms with Crippen LogP contribution in [0, 0.1) is 12.7 Å². The number of carbonyl (C=O) groups excluding carboxylic acids is 2. The van der Waals surface area contributed by atoms with E-state index in [-0.39, 0.29) is 17.9 Å². The molecule has 0 bridgehead atoms. The number of benzene rings is 2. The highest BCUT2D eigenvalue weighted by molar-refractivity contribution is 6.39. The summed E-state index contributed by atoms with van der Waals surface area (Å²) in [5.41, 5.74) is 2.22.